The zero-order chi connectivity index (χ0) is 51.0. The molecule has 0 aliphatic carbocycles. The summed E-state index contributed by atoms with van der Waals surface area (Å²) in [4.78, 5) is 112. The molecule has 1 fully saturated rings. The fourth-order valence-corrected chi connectivity index (χ4v) is 8.14. The van der Waals surface area contributed by atoms with Crippen molar-refractivity contribution in [2.45, 2.75) is 64.1 Å². The molecule has 3 atom stereocenters. The number of hydrogen-bond acceptors (Lipinski definition) is 14. The Morgan fingerprint density at radius 2 is 0.943 bits per heavy atom. The number of rotatable bonds is 25. The Morgan fingerprint density at radius 3 is 1.36 bits per heavy atom. The van der Waals surface area contributed by atoms with E-state index in [2.05, 4.69) is 16.0 Å². The van der Waals surface area contributed by atoms with Crippen LogP contribution in [-0.2, 0) is 51.1 Å². The van der Waals surface area contributed by atoms with Gasteiger partial charge in [0.15, 0.2) is 12.4 Å². The highest BCUT2D eigenvalue weighted by molar-refractivity contribution is 5.97. The number of amides is 3. The third-order valence-electron chi connectivity index (χ3n) is 11.9. The van der Waals surface area contributed by atoms with E-state index in [4.69, 9.17) is 10.5 Å². The molecule has 380 valence electrons. The molecule has 1 aliphatic rings. The van der Waals surface area contributed by atoms with Gasteiger partial charge in [0.25, 0.3) is 0 Å². The largest absolute Gasteiger partial charge is 0.480 e. The standard InChI is InChI=1S/C50H68N8O12/c1-35-12-11-13-36(2)47(35)50(69)70-34-42(59)39(18-9-10-19-51)53-49(68)41(29-38-16-7-4-8-17-38)54-48(67)40(28-37-14-5-3-6-15-37)52-43(60)30-55-20-22-56(31-44(61)62)24-26-58(33-46(65)66)27-25-57(23-21-55)32-45(63)64/h3-8,11-17,39-41H,9-10,18-34,51H2,1-2H3,(H,52,60)(H,53,68)(H,54,67)(H,61,62)(H,63,64)(H,65,66)/t39-,40-,41-/m0/s1. The quantitative estimate of drug-likeness (QED) is 0.0452. The van der Waals surface area contributed by atoms with E-state index >= 15 is 0 Å². The highest BCUT2D eigenvalue weighted by Crippen LogP contribution is 2.16. The van der Waals surface area contributed by atoms with Crippen molar-refractivity contribution < 1.29 is 58.4 Å². The molecule has 1 heterocycles. The molecule has 3 aromatic rings. The van der Waals surface area contributed by atoms with Gasteiger partial charge >= 0.3 is 23.9 Å². The number of nitrogens with two attached hydrogens (primary N) is 1. The van der Waals surface area contributed by atoms with E-state index in [0.29, 0.717) is 47.2 Å². The molecule has 4 rings (SSSR count). The van der Waals surface area contributed by atoms with Crippen LogP contribution in [0.15, 0.2) is 78.9 Å². The lowest BCUT2D eigenvalue weighted by Gasteiger charge is -2.33. The van der Waals surface area contributed by atoms with E-state index in [1.807, 2.05) is 6.07 Å². The van der Waals surface area contributed by atoms with Gasteiger partial charge in [0.05, 0.1) is 37.8 Å². The Morgan fingerprint density at radius 1 is 0.543 bits per heavy atom. The molecule has 0 saturated carbocycles. The minimum atomic E-state index is -1.24. The van der Waals surface area contributed by atoms with Gasteiger partial charge in [-0.1, -0.05) is 78.9 Å². The average Bonchev–Trinajstić information content (AvgIpc) is 3.31. The van der Waals surface area contributed by atoms with Crippen LogP contribution in [0.4, 0.5) is 0 Å². The average molecular weight is 973 g/mol. The van der Waals surface area contributed by atoms with Crippen LogP contribution in [0.2, 0.25) is 0 Å². The molecule has 0 spiro atoms. The topological polar surface area (TPSA) is 282 Å². The maximum Gasteiger partial charge on any atom is 0.339 e. The first kappa shape index (κ1) is 56.0. The summed E-state index contributed by atoms with van der Waals surface area (Å²) in [5.41, 5.74) is 8.86. The molecular formula is C50H68N8O12. The molecule has 0 unspecified atom stereocenters. The predicted octanol–water partition coefficient (Wildman–Crippen LogP) is 0.574. The first-order chi connectivity index (χ1) is 33.5. The zero-order valence-corrected chi connectivity index (χ0v) is 40.1. The number of hydrogen-bond donors (Lipinski definition) is 7. The second kappa shape index (κ2) is 29.4. The number of nitrogens with zero attached hydrogens (tertiary/aromatic N) is 4. The van der Waals surface area contributed by atoms with Gasteiger partial charge in [0.2, 0.25) is 17.7 Å². The minimum absolute atomic E-state index is 0.0111. The monoisotopic (exact) mass is 972 g/mol. The Hall–Kier alpha value is -6.58. The van der Waals surface area contributed by atoms with Crippen LogP contribution in [0.3, 0.4) is 0 Å². The summed E-state index contributed by atoms with van der Waals surface area (Å²) >= 11 is 0. The lowest BCUT2D eigenvalue weighted by molar-refractivity contribution is -0.140. The number of carboxylic acid groups (broad SMARTS) is 3. The fourth-order valence-electron chi connectivity index (χ4n) is 8.14. The second-order valence-corrected chi connectivity index (χ2v) is 17.5. The van der Waals surface area contributed by atoms with Crippen LogP contribution in [0.1, 0.15) is 51.9 Å². The van der Waals surface area contributed by atoms with Crippen molar-refractivity contribution in [3.8, 4) is 0 Å². The normalized spacial score (nSPS) is 15.8. The Labute approximate surface area is 408 Å². The Bertz CT molecular complexity index is 2160. The lowest BCUT2D eigenvalue weighted by Crippen LogP contribution is -2.58. The van der Waals surface area contributed by atoms with Crippen molar-refractivity contribution in [3.05, 3.63) is 107 Å². The van der Waals surface area contributed by atoms with E-state index in [-0.39, 0.29) is 97.8 Å². The van der Waals surface area contributed by atoms with Crippen LogP contribution in [0, 0.1) is 13.8 Å². The molecule has 1 saturated heterocycles. The molecule has 3 aromatic carbocycles. The number of nitrogens with one attached hydrogen (secondary N) is 3. The maximum atomic E-state index is 14.5. The number of Topliss-reactive ketones (excluding diaryl/α,β-unsaturated/α-hetero) is 1. The van der Waals surface area contributed by atoms with Crippen molar-refractivity contribution >= 4 is 47.4 Å². The van der Waals surface area contributed by atoms with Crippen LogP contribution in [-0.4, -0.2) is 192 Å². The zero-order valence-electron chi connectivity index (χ0n) is 40.1. The van der Waals surface area contributed by atoms with E-state index < -0.39 is 72.1 Å². The smallest absolute Gasteiger partial charge is 0.339 e. The summed E-state index contributed by atoms with van der Waals surface area (Å²) in [5, 5.41) is 37.3. The summed E-state index contributed by atoms with van der Waals surface area (Å²) in [6.07, 6.45) is 1.24. The number of aryl methyl sites for hydroxylation is 2. The number of unbranched alkanes of at least 4 members (excludes halogenated alkanes) is 1. The first-order valence-electron chi connectivity index (χ1n) is 23.5. The van der Waals surface area contributed by atoms with Crippen molar-refractivity contribution in [3.63, 3.8) is 0 Å². The first-order valence-corrected chi connectivity index (χ1v) is 23.5. The fraction of sp³-hybridized carbons (Fsp3) is 0.480. The number of aliphatic carboxylic acids is 3. The van der Waals surface area contributed by atoms with Crippen LogP contribution < -0.4 is 21.7 Å². The molecular weight excluding hydrogens is 905 g/mol. The number of esters is 1. The molecule has 20 nitrogen and oxygen atoms in total. The van der Waals surface area contributed by atoms with E-state index in [1.54, 1.807) is 106 Å². The Balaban J connectivity index is 1.56. The second-order valence-electron chi connectivity index (χ2n) is 17.5. The number of ketones is 1. The molecule has 0 radical (unpaired) electrons. The van der Waals surface area contributed by atoms with Crippen LogP contribution in [0.25, 0.3) is 0 Å². The summed E-state index contributed by atoms with van der Waals surface area (Å²) in [6, 6.07) is 19.6. The van der Waals surface area contributed by atoms with Gasteiger partial charge in [-0.3, -0.25) is 53.2 Å². The van der Waals surface area contributed by atoms with Crippen LogP contribution in [0.5, 0.6) is 0 Å². The molecule has 0 aromatic heterocycles. The number of carboxylic acids is 3. The summed E-state index contributed by atoms with van der Waals surface area (Å²) in [5.74, 6) is -6.44. The third-order valence-corrected chi connectivity index (χ3v) is 11.9. The number of benzene rings is 3. The van der Waals surface area contributed by atoms with E-state index in [0.717, 1.165) is 0 Å². The van der Waals surface area contributed by atoms with Gasteiger partial charge in [-0.25, -0.2) is 4.79 Å². The van der Waals surface area contributed by atoms with Crippen molar-refractivity contribution in [1.82, 2.24) is 35.6 Å². The summed E-state index contributed by atoms with van der Waals surface area (Å²) < 4.78 is 5.46. The predicted molar refractivity (Wildman–Crippen MR) is 259 cm³/mol. The molecule has 3 amide bonds. The van der Waals surface area contributed by atoms with Crippen molar-refractivity contribution in [1.29, 1.82) is 0 Å². The van der Waals surface area contributed by atoms with Crippen molar-refractivity contribution in [2.24, 2.45) is 5.73 Å². The van der Waals surface area contributed by atoms with Gasteiger partial charge in [-0.05, 0) is 61.9 Å². The number of carbonyl (C=O) groups excluding carboxylic acids is 5. The lowest BCUT2D eigenvalue weighted by atomic mass is 10.0. The van der Waals surface area contributed by atoms with E-state index in [1.165, 1.54) is 0 Å². The van der Waals surface area contributed by atoms with Gasteiger partial charge in [-0.15, -0.1) is 0 Å². The number of carbonyl (C=O) groups is 8. The third kappa shape index (κ3) is 20.2. The Kier molecular flexibility index (Phi) is 23.6. The summed E-state index contributed by atoms with van der Waals surface area (Å²) in [7, 11) is 0. The van der Waals surface area contributed by atoms with Crippen LogP contribution >= 0.6 is 0 Å². The van der Waals surface area contributed by atoms with Gasteiger partial charge in [0.1, 0.15) is 12.1 Å². The van der Waals surface area contributed by atoms with Gasteiger partial charge < -0.3 is 41.7 Å². The molecule has 20 heteroatoms. The highest BCUT2D eigenvalue weighted by atomic mass is 16.5. The molecule has 8 N–H and O–H groups in total. The van der Waals surface area contributed by atoms with Gasteiger partial charge in [-0.2, -0.15) is 0 Å². The highest BCUT2D eigenvalue weighted by Gasteiger charge is 2.31. The minimum Gasteiger partial charge on any atom is -0.480 e. The van der Waals surface area contributed by atoms with Crippen molar-refractivity contribution in [2.75, 3.05) is 91.7 Å². The van der Waals surface area contributed by atoms with Gasteiger partial charge in [0, 0.05) is 65.2 Å². The molecule has 70 heavy (non-hydrogen) atoms. The maximum absolute atomic E-state index is 14.5. The molecule has 0 bridgehead atoms. The molecule has 1 aliphatic heterocycles. The van der Waals surface area contributed by atoms with E-state index in [9.17, 15) is 53.7 Å². The summed E-state index contributed by atoms with van der Waals surface area (Å²) in [6.45, 7) is 3.49. The number of ether oxygens (including phenoxy) is 1. The SMILES string of the molecule is Cc1cccc(C)c1C(=O)OCC(=O)[C@H](CCCCN)NC(=O)[C@H](Cc1ccccc1)NC(=O)[C@H](Cc1ccccc1)NC(=O)CN1CCN(CC(=O)O)CCN(CC(=O)O)CCN(CC(=O)O)CC1.